The van der Waals surface area contributed by atoms with Crippen LogP contribution >= 0.6 is 0 Å². The maximum Gasteiger partial charge on any atom is 0.225 e. The Hall–Kier alpha value is -2.20. The summed E-state index contributed by atoms with van der Waals surface area (Å²) in [7, 11) is 0. The molecule has 1 fully saturated rings. The van der Waals surface area contributed by atoms with Crippen molar-refractivity contribution in [1.29, 1.82) is 0 Å². The number of rotatable bonds is 12. The molecule has 0 radical (unpaired) electrons. The summed E-state index contributed by atoms with van der Waals surface area (Å²) in [6, 6.07) is 9.23. The Balaban J connectivity index is 1.41. The number of benzene rings is 1. The summed E-state index contributed by atoms with van der Waals surface area (Å²) in [6.07, 6.45) is 14.1. The third-order valence-electron chi connectivity index (χ3n) is 7.83. The molecular weight excluding hydrogens is 430 g/mol. The van der Waals surface area contributed by atoms with Crippen LogP contribution in [-0.4, -0.2) is 54.8 Å². The zero-order valence-electron chi connectivity index (χ0n) is 22.5. The Morgan fingerprint density at radius 2 is 1.89 bits per heavy atom. The van der Waals surface area contributed by atoms with Crippen LogP contribution in [0.1, 0.15) is 83.3 Å². The van der Waals surface area contributed by atoms with E-state index in [1.807, 2.05) is 11.1 Å². The Bertz CT molecular complexity index is 862. The van der Waals surface area contributed by atoms with E-state index in [9.17, 15) is 4.79 Å². The molecule has 2 aliphatic rings. The highest BCUT2D eigenvalue weighted by Crippen LogP contribution is 2.32. The first-order chi connectivity index (χ1) is 17.0. The fourth-order valence-electron chi connectivity index (χ4n) is 5.32. The largest absolute Gasteiger partial charge is 0.343 e. The van der Waals surface area contributed by atoms with Gasteiger partial charge in [0.15, 0.2) is 0 Å². The lowest BCUT2D eigenvalue weighted by atomic mass is 9.85. The van der Waals surface area contributed by atoms with E-state index in [4.69, 9.17) is 0 Å². The lowest BCUT2D eigenvalue weighted by Gasteiger charge is -2.30. The van der Waals surface area contributed by atoms with E-state index >= 15 is 0 Å². The number of carbonyl (C=O) groups is 1. The molecule has 1 aromatic carbocycles. The first kappa shape index (κ1) is 27.4. The van der Waals surface area contributed by atoms with Crippen molar-refractivity contribution in [2.24, 2.45) is 16.8 Å². The van der Waals surface area contributed by atoms with Crippen molar-refractivity contribution in [3.63, 3.8) is 0 Å². The van der Waals surface area contributed by atoms with E-state index < -0.39 is 0 Å². The van der Waals surface area contributed by atoms with Crippen LogP contribution in [0.2, 0.25) is 0 Å². The van der Waals surface area contributed by atoms with Gasteiger partial charge in [0, 0.05) is 38.3 Å². The van der Waals surface area contributed by atoms with Crippen molar-refractivity contribution in [3.05, 3.63) is 53.6 Å². The van der Waals surface area contributed by atoms with Crippen molar-refractivity contribution in [3.8, 4) is 0 Å². The highest BCUT2D eigenvalue weighted by molar-refractivity contribution is 5.80. The van der Waals surface area contributed by atoms with Gasteiger partial charge in [0.2, 0.25) is 5.91 Å². The van der Waals surface area contributed by atoms with Crippen LogP contribution < -0.4 is 0 Å². The number of hydrogen-bond acceptors (Lipinski definition) is 3. The molecule has 1 saturated heterocycles. The SMILES string of the molecule is C=C(C=NCN1CCC(CCc2ccc(C3=CCC(C(=O)N(CC)CCC)CC3)cc2)CC1)CC. The Labute approximate surface area is 214 Å². The van der Waals surface area contributed by atoms with Gasteiger partial charge in [0.05, 0.1) is 6.67 Å². The predicted octanol–water partition coefficient (Wildman–Crippen LogP) is 6.77. The minimum Gasteiger partial charge on any atom is -0.343 e. The van der Waals surface area contributed by atoms with Crippen LogP contribution in [0.15, 0.2) is 47.5 Å². The van der Waals surface area contributed by atoms with Gasteiger partial charge >= 0.3 is 0 Å². The quantitative estimate of drug-likeness (QED) is 0.312. The van der Waals surface area contributed by atoms with Gasteiger partial charge in [-0.05, 0) is 92.9 Å². The minimum absolute atomic E-state index is 0.165. The van der Waals surface area contributed by atoms with Crippen molar-refractivity contribution < 1.29 is 4.79 Å². The van der Waals surface area contributed by atoms with Gasteiger partial charge in [-0.15, -0.1) is 0 Å². The fraction of sp³-hybridized carbons (Fsp3) is 0.613. The third kappa shape index (κ3) is 8.45. The number of hydrogen-bond donors (Lipinski definition) is 0. The average molecular weight is 478 g/mol. The molecule has 35 heavy (non-hydrogen) atoms. The zero-order valence-corrected chi connectivity index (χ0v) is 22.5. The monoisotopic (exact) mass is 477 g/mol. The summed E-state index contributed by atoms with van der Waals surface area (Å²) in [4.78, 5) is 21.8. The Morgan fingerprint density at radius 3 is 2.49 bits per heavy atom. The number of nitrogens with zero attached hydrogens (tertiary/aromatic N) is 3. The second kappa shape index (κ2) is 14.4. The van der Waals surface area contributed by atoms with Crippen LogP contribution in [0, 0.1) is 11.8 Å². The van der Waals surface area contributed by atoms with E-state index in [0.717, 1.165) is 76.4 Å². The van der Waals surface area contributed by atoms with Gasteiger partial charge in [-0.25, -0.2) is 0 Å². The summed E-state index contributed by atoms with van der Waals surface area (Å²) >= 11 is 0. The fourth-order valence-corrected chi connectivity index (χ4v) is 5.32. The van der Waals surface area contributed by atoms with E-state index in [0.29, 0.717) is 5.91 Å². The predicted molar refractivity (Wildman–Crippen MR) is 150 cm³/mol. The highest BCUT2D eigenvalue weighted by atomic mass is 16.2. The molecule has 1 aliphatic heterocycles. The molecule has 0 saturated carbocycles. The molecular formula is C31H47N3O. The molecule has 1 unspecified atom stereocenters. The smallest absolute Gasteiger partial charge is 0.225 e. The molecule has 1 atom stereocenters. The minimum atomic E-state index is 0.165. The molecule has 1 amide bonds. The molecule has 1 aromatic rings. The van der Waals surface area contributed by atoms with Crippen LogP contribution in [-0.2, 0) is 11.2 Å². The van der Waals surface area contributed by atoms with Crippen molar-refractivity contribution >= 4 is 17.7 Å². The second-order valence-electron chi connectivity index (χ2n) is 10.4. The number of allylic oxidation sites excluding steroid dienone is 3. The normalized spacial score (nSPS) is 19.6. The number of likely N-dealkylation sites (tertiary alicyclic amines) is 1. The third-order valence-corrected chi connectivity index (χ3v) is 7.83. The molecule has 0 N–H and O–H groups in total. The molecule has 4 nitrogen and oxygen atoms in total. The molecule has 0 aromatic heterocycles. The summed E-state index contributed by atoms with van der Waals surface area (Å²) in [5.74, 6) is 1.34. The first-order valence-corrected chi connectivity index (χ1v) is 14.0. The second-order valence-corrected chi connectivity index (χ2v) is 10.4. The van der Waals surface area contributed by atoms with Crippen molar-refractivity contribution in [2.75, 3.05) is 32.8 Å². The lowest BCUT2D eigenvalue weighted by Crippen LogP contribution is -2.37. The van der Waals surface area contributed by atoms with Gasteiger partial charge in [-0.3, -0.25) is 14.7 Å². The maximum absolute atomic E-state index is 12.8. The number of carbonyl (C=O) groups excluding carboxylic acids is 1. The summed E-state index contributed by atoms with van der Waals surface area (Å²) in [5, 5.41) is 0. The van der Waals surface area contributed by atoms with Crippen LogP contribution in [0.25, 0.3) is 5.57 Å². The average Bonchev–Trinajstić information content (AvgIpc) is 2.91. The van der Waals surface area contributed by atoms with Gasteiger partial charge in [0.1, 0.15) is 0 Å². The molecule has 192 valence electrons. The van der Waals surface area contributed by atoms with Gasteiger partial charge in [0.25, 0.3) is 0 Å². The Kier molecular flexibility index (Phi) is 11.3. The number of aryl methyl sites for hydroxylation is 1. The molecule has 1 aliphatic carbocycles. The van der Waals surface area contributed by atoms with Crippen LogP contribution in [0.4, 0.5) is 0 Å². The molecule has 0 spiro atoms. The highest BCUT2D eigenvalue weighted by Gasteiger charge is 2.25. The topological polar surface area (TPSA) is 35.9 Å². The first-order valence-electron chi connectivity index (χ1n) is 14.0. The maximum atomic E-state index is 12.8. The summed E-state index contributed by atoms with van der Waals surface area (Å²) < 4.78 is 0. The molecule has 1 heterocycles. The molecule has 3 rings (SSSR count). The summed E-state index contributed by atoms with van der Waals surface area (Å²) in [6.45, 7) is 15.2. The van der Waals surface area contributed by atoms with E-state index in [2.05, 4.69) is 67.6 Å². The van der Waals surface area contributed by atoms with Gasteiger partial charge in [-0.2, -0.15) is 0 Å². The van der Waals surface area contributed by atoms with Crippen molar-refractivity contribution in [1.82, 2.24) is 9.80 Å². The van der Waals surface area contributed by atoms with Crippen LogP contribution in [0.3, 0.4) is 0 Å². The van der Waals surface area contributed by atoms with E-state index in [1.54, 1.807) is 0 Å². The zero-order chi connectivity index (χ0) is 25.0. The number of amides is 1. The molecule has 0 bridgehead atoms. The van der Waals surface area contributed by atoms with E-state index in [1.165, 1.54) is 42.4 Å². The summed E-state index contributed by atoms with van der Waals surface area (Å²) in [5.41, 5.74) is 5.30. The van der Waals surface area contributed by atoms with Crippen LogP contribution in [0.5, 0.6) is 0 Å². The van der Waals surface area contributed by atoms with Gasteiger partial charge in [-0.1, -0.05) is 50.8 Å². The number of piperidine rings is 1. The standard InChI is InChI=1S/C31H47N3O/c1-5-20-34(7-3)31(35)30-16-14-29(15-17-30)28-12-10-26(11-13-28)8-9-27-18-21-33(22-19-27)24-32-23-25(4)6-2/h10-14,23,27,30H,4-9,15-22,24H2,1-3H3. The van der Waals surface area contributed by atoms with Gasteiger partial charge < -0.3 is 4.90 Å². The number of aliphatic imine (C=N–C) groups is 1. The lowest BCUT2D eigenvalue weighted by molar-refractivity contribution is -0.135. The molecule has 4 heteroatoms. The Morgan fingerprint density at radius 1 is 1.14 bits per heavy atom. The van der Waals surface area contributed by atoms with E-state index in [-0.39, 0.29) is 5.92 Å². The van der Waals surface area contributed by atoms with Crippen molar-refractivity contribution in [2.45, 2.75) is 78.6 Å².